The lowest BCUT2D eigenvalue weighted by Crippen LogP contribution is -2.05. The summed E-state index contributed by atoms with van der Waals surface area (Å²) in [6.45, 7) is 0. The lowest BCUT2D eigenvalue weighted by Gasteiger charge is -2.09. The van der Waals surface area contributed by atoms with E-state index in [1.807, 2.05) is 12.1 Å². The second-order valence-corrected chi connectivity index (χ2v) is 4.62. The van der Waals surface area contributed by atoms with Gasteiger partial charge in [0.1, 0.15) is 0 Å². The van der Waals surface area contributed by atoms with Crippen LogP contribution in [0.4, 0.5) is 0 Å². The van der Waals surface area contributed by atoms with Crippen molar-refractivity contribution in [1.82, 2.24) is 4.57 Å². The minimum absolute atomic E-state index is 0.209. The molecule has 3 nitrogen and oxygen atoms in total. The van der Waals surface area contributed by atoms with E-state index in [-0.39, 0.29) is 5.97 Å². The number of fused-ring (bicyclic) bond motifs is 1. The first-order valence-corrected chi connectivity index (χ1v) is 6.31. The van der Waals surface area contributed by atoms with E-state index >= 15 is 0 Å². The summed E-state index contributed by atoms with van der Waals surface area (Å²) in [6, 6.07) is 12.2. The summed E-state index contributed by atoms with van der Waals surface area (Å²) in [6.07, 6.45) is 5.56. The Bertz CT molecular complexity index is 652. The van der Waals surface area contributed by atoms with Crippen LogP contribution in [0.25, 0.3) is 5.70 Å². The molecule has 1 aliphatic heterocycles. The van der Waals surface area contributed by atoms with Gasteiger partial charge in [-0.15, -0.1) is 0 Å². The number of hydrogen-bond donors (Lipinski definition) is 0. The molecule has 0 N–H and O–H groups in total. The Labute approximate surface area is 112 Å². The van der Waals surface area contributed by atoms with Gasteiger partial charge in [-0.3, -0.25) is 4.79 Å². The number of rotatable bonds is 3. The highest BCUT2D eigenvalue weighted by molar-refractivity contribution is 5.74. The number of aromatic nitrogens is 1. The van der Waals surface area contributed by atoms with Crippen molar-refractivity contribution in [2.24, 2.45) is 0 Å². The number of allylic oxidation sites excluding steroid dienone is 1. The van der Waals surface area contributed by atoms with Crippen molar-refractivity contribution in [3.8, 4) is 0 Å². The number of methoxy groups -OCH3 is 1. The standard InChI is InChI=1S/C16H15NO2/c1-19-16(18)11-12-4-2-5-13(10-12)15-8-7-14-6-3-9-17(14)15/h2-6,8-10H,7,11H2,1H3. The van der Waals surface area contributed by atoms with Crippen LogP contribution in [-0.2, 0) is 22.4 Å². The van der Waals surface area contributed by atoms with Gasteiger partial charge in [-0.25, -0.2) is 0 Å². The van der Waals surface area contributed by atoms with Crippen molar-refractivity contribution in [1.29, 1.82) is 0 Å². The minimum Gasteiger partial charge on any atom is -0.469 e. The van der Waals surface area contributed by atoms with Gasteiger partial charge in [0.2, 0.25) is 0 Å². The van der Waals surface area contributed by atoms with Crippen LogP contribution in [0.1, 0.15) is 16.8 Å². The van der Waals surface area contributed by atoms with Crippen LogP contribution in [0.5, 0.6) is 0 Å². The molecule has 2 aromatic rings. The summed E-state index contributed by atoms with van der Waals surface area (Å²) < 4.78 is 6.90. The Morgan fingerprint density at radius 2 is 2.21 bits per heavy atom. The molecule has 0 radical (unpaired) electrons. The predicted octanol–water partition coefficient (Wildman–Crippen LogP) is 2.65. The lowest BCUT2D eigenvalue weighted by molar-refractivity contribution is -0.139. The lowest BCUT2D eigenvalue weighted by atomic mass is 10.1. The van der Waals surface area contributed by atoms with E-state index in [9.17, 15) is 4.79 Å². The fourth-order valence-corrected chi connectivity index (χ4v) is 2.45. The smallest absolute Gasteiger partial charge is 0.309 e. The summed E-state index contributed by atoms with van der Waals surface area (Å²) in [5, 5.41) is 0. The molecule has 0 saturated heterocycles. The first kappa shape index (κ1) is 11.8. The maximum atomic E-state index is 11.3. The normalized spacial score (nSPS) is 13.0. The predicted molar refractivity (Wildman–Crippen MR) is 73.7 cm³/mol. The van der Waals surface area contributed by atoms with Crippen LogP contribution in [0.3, 0.4) is 0 Å². The molecule has 3 rings (SSSR count). The molecule has 0 spiro atoms. The molecule has 2 heterocycles. The zero-order valence-electron chi connectivity index (χ0n) is 10.8. The summed E-state index contributed by atoms with van der Waals surface area (Å²) in [7, 11) is 1.41. The van der Waals surface area contributed by atoms with E-state index in [1.165, 1.54) is 18.5 Å². The topological polar surface area (TPSA) is 31.2 Å². The molecule has 1 aliphatic rings. The fourth-order valence-electron chi connectivity index (χ4n) is 2.45. The molecule has 0 saturated carbocycles. The second kappa shape index (κ2) is 4.76. The quantitative estimate of drug-likeness (QED) is 0.787. The van der Waals surface area contributed by atoms with Crippen molar-refractivity contribution >= 4 is 11.7 Å². The van der Waals surface area contributed by atoms with Gasteiger partial charge >= 0.3 is 5.97 Å². The number of carbonyl (C=O) groups excluding carboxylic acids is 1. The Morgan fingerprint density at radius 3 is 3.05 bits per heavy atom. The fraction of sp³-hybridized carbons (Fsp3) is 0.188. The number of esters is 1. The monoisotopic (exact) mass is 253 g/mol. The van der Waals surface area contributed by atoms with Gasteiger partial charge < -0.3 is 9.30 Å². The van der Waals surface area contributed by atoms with Gasteiger partial charge in [0, 0.05) is 24.0 Å². The molecule has 19 heavy (non-hydrogen) atoms. The van der Waals surface area contributed by atoms with Crippen molar-refractivity contribution in [2.45, 2.75) is 12.8 Å². The van der Waals surface area contributed by atoms with Crippen LogP contribution in [0.2, 0.25) is 0 Å². The maximum absolute atomic E-state index is 11.3. The molecule has 1 aromatic carbocycles. The van der Waals surface area contributed by atoms with Crippen LogP contribution in [0.15, 0.2) is 48.7 Å². The molecule has 3 heteroatoms. The Balaban J connectivity index is 1.91. The van der Waals surface area contributed by atoms with Crippen LogP contribution in [-0.4, -0.2) is 17.6 Å². The summed E-state index contributed by atoms with van der Waals surface area (Å²) in [5.74, 6) is -0.209. The van der Waals surface area contributed by atoms with Gasteiger partial charge in [0.15, 0.2) is 0 Å². The van der Waals surface area contributed by atoms with Crippen molar-refractivity contribution in [2.75, 3.05) is 7.11 Å². The molecule has 0 bridgehead atoms. The third-order valence-electron chi connectivity index (χ3n) is 3.40. The Hall–Kier alpha value is -2.29. The van der Waals surface area contributed by atoms with E-state index in [2.05, 4.69) is 41.1 Å². The van der Waals surface area contributed by atoms with E-state index in [0.717, 1.165) is 17.5 Å². The number of nitrogens with zero attached hydrogens (tertiary/aromatic N) is 1. The number of carbonyl (C=O) groups is 1. The van der Waals surface area contributed by atoms with E-state index in [1.54, 1.807) is 0 Å². The zero-order chi connectivity index (χ0) is 13.2. The van der Waals surface area contributed by atoms with Crippen molar-refractivity contribution in [3.05, 3.63) is 65.5 Å². The van der Waals surface area contributed by atoms with Gasteiger partial charge in [0.25, 0.3) is 0 Å². The average molecular weight is 253 g/mol. The first-order chi connectivity index (χ1) is 9.28. The SMILES string of the molecule is COC(=O)Cc1cccc(C2=CCc3cccn32)c1. The number of benzene rings is 1. The van der Waals surface area contributed by atoms with Crippen molar-refractivity contribution in [3.63, 3.8) is 0 Å². The highest BCUT2D eigenvalue weighted by Gasteiger charge is 2.14. The highest BCUT2D eigenvalue weighted by Crippen LogP contribution is 2.26. The molecule has 0 amide bonds. The van der Waals surface area contributed by atoms with Crippen LogP contribution >= 0.6 is 0 Å². The van der Waals surface area contributed by atoms with Gasteiger partial charge in [-0.05, 0) is 29.3 Å². The minimum atomic E-state index is -0.209. The maximum Gasteiger partial charge on any atom is 0.309 e. The molecule has 0 aliphatic carbocycles. The Kier molecular flexibility index (Phi) is 2.95. The van der Waals surface area contributed by atoms with E-state index in [4.69, 9.17) is 4.74 Å². The molecular formula is C16H15NO2. The zero-order valence-corrected chi connectivity index (χ0v) is 10.8. The summed E-state index contributed by atoms with van der Waals surface area (Å²) in [4.78, 5) is 11.3. The summed E-state index contributed by atoms with van der Waals surface area (Å²) >= 11 is 0. The molecule has 0 unspecified atom stereocenters. The molecule has 0 fully saturated rings. The van der Waals surface area contributed by atoms with E-state index < -0.39 is 0 Å². The Morgan fingerprint density at radius 1 is 1.32 bits per heavy atom. The van der Waals surface area contributed by atoms with Crippen molar-refractivity contribution < 1.29 is 9.53 Å². The number of ether oxygens (including phenoxy) is 1. The van der Waals surface area contributed by atoms with Gasteiger partial charge in [-0.1, -0.05) is 24.3 Å². The van der Waals surface area contributed by atoms with Gasteiger partial charge in [-0.2, -0.15) is 0 Å². The average Bonchev–Trinajstić information content (AvgIpc) is 3.01. The highest BCUT2D eigenvalue weighted by atomic mass is 16.5. The van der Waals surface area contributed by atoms with E-state index in [0.29, 0.717) is 6.42 Å². The largest absolute Gasteiger partial charge is 0.469 e. The summed E-state index contributed by atoms with van der Waals surface area (Å²) in [5.41, 5.74) is 4.60. The molecule has 0 atom stereocenters. The van der Waals surface area contributed by atoms with Gasteiger partial charge in [0.05, 0.1) is 13.5 Å². The van der Waals surface area contributed by atoms with Crippen LogP contribution in [0, 0.1) is 0 Å². The molecular weight excluding hydrogens is 238 g/mol. The first-order valence-electron chi connectivity index (χ1n) is 6.31. The van der Waals surface area contributed by atoms with Crippen LogP contribution < -0.4 is 0 Å². The molecule has 1 aromatic heterocycles. The third-order valence-corrected chi connectivity index (χ3v) is 3.40. The third kappa shape index (κ3) is 2.19. The second-order valence-electron chi connectivity index (χ2n) is 4.62. The molecule has 96 valence electrons. The number of hydrogen-bond acceptors (Lipinski definition) is 2.